The first kappa shape index (κ1) is 15.9. The summed E-state index contributed by atoms with van der Waals surface area (Å²) in [6, 6.07) is 6.36. The van der Waals surface area contributed by atoms with Crippen molar-refractivity contribution < 1.29 is 73.8 Å². The number of phenols is 1. The first-order chi connectivity index (χ1) is 5.54. The van der Waals surface area contributed by atoms with E-state index in [1.807, 2.05) is 0 Å². The Labute approximate surface area is 116 Å². The van der Waals surface area contributed by atoms with Crippen LogP contribution < -0.4 is 51.4 Å². The molecule has 0 saturated heterocycles. The Balaban J connectivity index is 0. The van der Waals surface area contributed by atoms with Gasteiger partial charge in [-0.15, -0.1) is 12.1 Å². The minimum atomic E-state index is -3.67. The summed E-state index contributed by atoms with van der Waals surface area (Å²) in [5.74, 6) is -1.06. The van der Waals surface area contributed by atoms with Gasteiger partial charge in [-0.2, -0.15) is 12.1 Å². The number of aromatic hydroxyl groups is 1. The van der Waals surface area contributed by atoms with Crippen LogP contribution in [-0.4, -0.2) is 12.7 Å². The number of hydrogen-bond donors (Lipinski definition) is 1. The molecule has 1 aromatic carbocycles. The van der Waals surface area contributed by atoms with Gasteiger partial charge >= 0.3 is 58.9 Å². The van der Waals surface area contributed by atoms with E-state index < -0.39 is 13.4 Å². The van der Waals surface area contributed by atoms with Crippen molar-refractivity contribution in [1.29, 1.82) is 0 Å². The summed E-state index contributed by atoms with van der Waals surface area (Å²) in [5.41, 5.74) is 0. The van der Waals surface area contributed by atoms with E-state index in [1.54, 1.807) is 0 Å². The number of halogens is 4. The zero-order valence-electron chi connectivity index (χ0n) is 6.77. The van der Waals surface area contributed by atoms with E-state index in [4.69, 9.17) is 5.11 Å². The van der Waals surface area contributed by atoms with Crippen molar-refractivity contribution in [3.05, 3.63) is 30.1 Å². The molecule has 13 heavy (non-hydrogen) atoms. The molecular formula is C6H4BF4KO. The van der Waals surface area contributed by atoms with Gasteiger partial charge < -0.3 is 5.11 Å². The van der Waals surface area contributed by atoms with E-state index in [9.17, 15) is 17.3 Å². The van der Waals surface area contributed by atoms with E-state index in [1.165, 1.54) is 18.2 Å². The van der Waals surface area contributed by atoms with Crippen molar-refractivity contribution in [2.75, 3.05) is 0 Å². The average molecular weight is 218 g/mol. The number of hydrogen-bond acceptors (Lipinski definition) is 1. The molecule has 0 aromatic heterocycles. The van der Waals surface area contributed by atoms with E-state index >= 15 is 0 Å². The third-order valence-corrected chi connectivity index (χ3v) is 0.785. The third-order valence-electron chi connectivity index (χ3n) is 0.785. The molecule has 0 radical (unpaired) electrons. The zero-order valence-corrected chi connectivity index (χ0v) is 9.89. The molecule has 0 aliphatic carbocycles. The van der Waals surface area contributed by atoms with E-state index in [2.05, 4.69) is 6.07 Å². The second-order valence-electron chi connectivity index (χ2n) is 1.62. The van der Waals surface area contributed by atoms with Gasteiger partial charge in [0.15, 0.2) is 0 Å². The maximum absolute atomic E-state index is 12.0. The van der Waals surface area contributed by atoms with Crippen molar-refractivity contribution in [2.45, 2.75) is 0 Å². The Morgan fingerprint density at radius 2 is 1.77 bits per heavy atom. The fourth-order valence-corrected chi connectivity index (χ4v) is 0.408. The second-order valence-corrected chi connectivity index (χ2v) is 1.62. The molecule has 0 atom stereocenters. The van der Waals surface area contributed by atoms with Gasteiger partial charge in [-0.05, 0) is 0 Å². The van der Waals surface area contributed by atoms with Gasteiger partial charge in [0.25, 0.3) is 0 Å². The summed E-state index contributed by atoms with van der Waals surface area (Å²) in [7, 11) is -3.67. The summed E-state index contributed by atoms with van der Waals surface area (Å²) >= 11 is 0. The van der Waals surface area contributed by atoms with Gasteiger partial charge in [0.2, 0.25) is 0 Å². The minimum absolute atomic E-state index is 0. The van der Waals surface area contributed by atoms with Crippen LogP contribution in [0.2, 0.25) is 0 Å². The molecule has 0 fully saturated rings. The van der Waals surface area contributed by atoms with Crippen molar-refractivity contribution in [1.82, 2.24) is 0 Å². The summed E-state index contributed by atoms with van der Waals surface area (Å²) in [4.78, 5) is 0. The van der Waals surface area contributed by atoms with Crippen LogP contribution >= 0.6 is 0 Å². The van der Waals surface area contributed by atoms with Gasteiger partial charge in [-0.3, -0.25) is 12.9 Å². The van der Waals surface area contributed by atoms with Crippen LogP contribution in [0.25, 0.3) is 0 Å². The normalized spacial score (nSPS) is 7.69. The van der Waals surface area contributed by atoms with Crippen molar-refractivity contribution in [2.24, 2.45) is 0 Å². The van der Waals surface area contributed by atoms with Gasteiger partial charge in [0, 0.05) is 5.75 Å². The molecule has 0 amide bonds. The van der Waals surface area contributed by atoms with Crippen molar-refractivity contribution in [3.63, 3.8) is 0 Å². The summed E-state index contributed by atoms with van der Waals surface area (Å²) in [5, 5.41) is 8.51. The van der Waals surface area contributed by atoms with E-state index in [0.29, 0.717) is 0 Å². The number of phenolic OH excluding ortho intramolecular Hbond substituents is 1. The average Bonchev–Trinajstić information content (AvgIpc) is 1.94. The molecule has 0 heterocycles. The van der Waals surface area contributed by atoms with E-state index in [0.717, 1.165) is 0 Å². The summed E-state index contributed by atoms with van der Waals surface area (Å²) < 4.78 is 41.0. The molecule has 1 aromatic rings. The second kappa shape index (κ2) is 9.01. The topological polar surface area (TPSA) is 20.2 Å². The molecule has 1 rings (SSSR count). The fraction of sp³-hybridized carbons (Fsp3) is 0. The monoisotopic (exact) mass is 218 g/mol. The molecule has 0 aliphatic rings. The van der Waals surface area contributed by atoms with Crippen LogP contribution in [0.4, 0.5) is 17.3 Å². The third kappa shape index (κ3) is 10.4. The molecule has 0 saturated carbocycles. The molecule has 1 nitrogen and oxygen atoms in total. The SMILES string of the molecule is FB(F)F.Oc1ccc[c-]c1F.[K+]. The van der Waals surface area contributed by atoms with Gasteiger partial charge in [-0.1, -0.05) is 0 Å². The predicted octanol–water partition coefficient (Wildman–Crippen LogP) is -0.785. The molecule has 66 valence electrons. The summed E-state index contributed by atoms with van der Waals surface area (Å²) in [6.07, 6.45) is 0. The van der Waals surface area contributed by atoms with Crippen LogP contribution in [0.1, 0.15) is 0 Å². The molecule has 0 aliphatic heterocycles. The first-order valence-electron chi connectivity index (χ1n) is 2.81. The van der Waals surface area contributed by atoms with E-state index in [-0.39, 0.29) is 57.1 Å². The summed E-state index contributed by atoms with van der Waals surface area (Å²) in [6.45, 7) is 0. The Morgan fingerprint density at radius 1 is 1.31 bits per heavy atom. The Bertz CT molecular complexity index is 212. The standard InChI is InChI=1S/C6H4FO.BF3.K/c7-5-3-1-2-4-6(5)8;2-1(3)4;/h1-2,4,8H;;/q-1;;+1. The zero-order chi connectivity index (χ0) is 9.56. The Morgan fingerprint density at radius 3 is 2.00 bits per heavy atom. The Kier molecular flexibility index (Phi) is 11.0. The van der Waals surface area contributed by atoms with Crippen molar-refractivity contribution >= 4 is 7.54 Å². The van der Waals surface area contributed by atoms with Crippen LogP contribution in [0.15, 0.2) is 18.2 Å². The molecule has 0 bridgehead atoms. The number of benzene rings is 1. The van der Waals surface area contributed by atoms with Gasteiger partial charge in [-0.25, -0.2) is 4.39 Å². The van der Waals surface area contributed by atoms with Crippen LogP contribution in [0.3, 0.4) is 0 Å². The largest absolute Gasteiger partial charge is 1.00 e. The van der Waals surface area contributed by atoms with Crippen LogP contribution in [0, 0.1) is 11.9 Å². The first-order valence-corrected chi connectivity index (χ1v) is 2.81. The number of rotatable bonds is 0. The maximum Gasteiger partial charge on any atom is 1.00 e. The molecule has 1 N–H and O–H groups in total. The van der Waals surface area contributed by atoms with Gasteiger partial charge in [0.05, 0.1) is 5.82 Å². The smallest absolute Gasteiger partial charge is 0.563 e. The van der Waals surface area contributed by atoms with Crippen LogP contribution in [-0.2, 0) is 0 Å². The molecule has 7 heteroatoms. The quantitative estimate of drug-likeness (QED) is 0.344. The molecule has 0 spiro atoms. The molecule has 0 unspecified atom stereocenters. The predicted molar refractivity (Wildman–Crippen MR) is 36.0 cm³/mol. The molecular weight excluding hydrogens is 214 g/mol. The van der Waals surface area contributed by atoms with Crippen molar-refractivity contribution in [3.8, 4) is 5.75 Å². The Hall–Kier alpha value is 0.441. The van der Waals surface area contributed by atoms with Crippen LogP contribution in [0.5, 0.6) is 5.75 Å². The van der Waals surface area contributed by atoms with Gasteiger partial charge in [0.1, 0.15) is 0 Å². The maximum atomic E-state index is 12.0. The minimum Gasteiger partial charge on any atom is -0.563 e. The fourth-order valence-electron chi connectivity index (χ4n) is 0.408.